The molecule has 1 heterocycles. The highest BCUT2D eigenvalue weighted by atomic mass is 16.7. The zero-order valence-electron chi connectivity index (χ0n) is 41.9. The Bertz CT molecular complexity index is 1150. The molecule has 1 saturated heterocycles. The quantitative estimate of drug-likeness (QED) is 0.0196. The number of unbranched alkanes of at least 4 members (excludes halogenated alkanes) is 29. The molecule has 382 valence electrons. The first kappa shape index (κ1) is 61.2. The number of aliphatic hydroxyl groups excluding tert-OH is 5. The summed E-state index contributed by atoms with van der Waals surface area (Å²) in [6.45, 7) is 5.72. The van der Waals surface area contributed by atoms with Crippen molar-refractivity contribution in [1.29, 1.82) is 0 Å². The van der Waals surface area contributed by atoms with Crippen molar-refractivity contribution in [3.63, 3.8) is 0 Å². The van der Waals surface area contributed by atoms with Gasteiger partial charge in [0.1, 0.15) is 24.4 Å². The molecule has 1 aliphatic rings. The van der Waals surface area contributed by atoms with Crippen molar-refractivity contribution in [1.82, 2.24) is 5.32 Å². The zero-order chi connectivity index (χ0) is 47.6. The highest BCUT2D eigenvalue weighted by Gasteiger charge is 2.47. The van der Waals surface area contributed by atoms with Crippen molar-refractivity contribution >= 4 is 11.9 Å². The first-order valence-electron chi connectivity index (χ1n) is 27.1. The molecule has 0 spiro atoms. The number of ether oxygens (including phenoxy) is 3. The lowest BCUT2D eigenvalue weighted by molar-refractivity contribution is -0.305. The second-order valence-electron chi connectivity index (χ2n) is 19.0. The van der Waals surface area contributed by atoms with E-state index in [4.69, 9.17) is 14.2 Å². The fourth-order valence-corrected chi connectivity index (χ4v) is 8.46. The van der Waals surface area contributed by atoms with E-state index in [0.29, 0.717) is 12.8 Å². The van der Waals surface area contributed by atoms with E-state index in [0.717, 1.165) is 70.6 Å². The van der Waals surface area contributed by atoms with Gasteiger partial charge in [-0.2, -0.15) is 0 Å². The number of allylic oxidation sites excluding steroid dienone is 3. The summed E-state index contributed by atoms with van der Waals surface area (Å²) in [5.74, 6) is -1.20. The Hall–Kier alpha value is -1.86. The van der Waals surface area contributed by atoms with Gasteiger partial charge in [-0.1, -0.05) is 218 Å². The number of carbonyl (C=O) groups is 2. The van der Waals surface area contributed by atoms with Gasteiger partial charge in [0, 0.05) is 6.42 Å². The Labute approximate surface area is 397 Å². The zero-order valence-corrected chi connectivity index (χ0v) is 41.9. The molecular weight excluding hydrogens is 823 g/mol. The maximum absolute atomic E-state index is 13.3. The van der Waals surface area contributed by atoms with Gasteiger partial charge in [-0.25, -0.2) is 0 Å². The lowest BCUT2D eigenvalue weighted by Gasteiger charge is -2.41. The third-order valence-electron chi connectivity index (χ3n) is 12.9. The molecular formula is C54H101NO10. The van der Waals surface area contributed by atoms with E-state index in [-0.39, 0.29) is 19.4 Å². The Kier molecular flexibility index (Phi) is 40.9. The summed E-state index contributed by atoms with van der Waals surface area (Å²) in [6, 6.07) is -1.02. The van der Waals surface area contributed by atoms with Gasteiger partial charge in [0.2, 0.25) is 5.91 Å². The van der Waals surface area contributed by atoms with Crippen LogP contribution in [-0.2, 0) is 23.8 Å². The molecule has 0 saturated carbocycles. The predicted octanol–water partition coefficient (Wildman–Crippen LogP) is 11.4. The molecule has 65 heavy (non-hydrogen) atoms. The van der Waals surface area contributed by atoms with E-state index >= 15 is 0 Å². The van der Waals surface area contributed by atoms with Crippen LogP contribution in [0.25, 0.3) is 0 Å². The number of aliphatic hydroxyl groups is 5. The van der Waals surface area contributed by atoms with Gasteiger partial charge in [-0.05, 0) is 44.9 Å². The molecule has 11 nitrogen and oxygen atoms in total. The average molecular weight is 924 g/mol. The van der Waals surface area contributed by atoms with Crippen LogP contribution in [-0.4, -0.2) is 99.6 Å². The number of amides is 1. The molecule has 8 unspecified atom stereocenters. The highest BCUT2D eigenvalue weighted by Crippen LogP contribution is 2.26. The number of rotatable bonds is 45. The van der Waals surface area contributed by atoms with Crippen LogP contribution in [0, 0.1) is 0 Å². The summed E-state index contributed by atoms with van der Waals surface area (Å²) < 4.78 is 17.5. The van der Waals surface area contributed by atoms with Gasteiger partial charge in [0.25, 0.3) is 0 Å². The van der Waals surface area contributed by atoms with E-state index in [1.807, 2.05) is 6.08 Å². The molecule has 8 atom stereocenters. The Morgan fingerprint density at radius 3 is 1.54 bits per heavy atom. The second kappa shape index (κ2) is 43.4. The fraction of sp³-hybridized carbons (Fsp3) is 0.889. The minimum Gasteiger partial charge on any atom is -0.454 e. The maximum Gasteiger partial charge on any atom is 0.306 e. The summed E-state index contributed by atoms with van der Waals surface area (Å²) in [6.07, 6.45) is 36.6. The topological polar surface area (TPSA) is 175 Å². The third kappa shape index (κ3) is 32.5. The van der Waals surface area contributed by atoms with Crippen LogP contribution < -0.4 is 5.32 Å². The summed E-state index contributed by atoms with van der Waals surface area (Å²) in [5.41, 5.74) is 0. The molecule has 6 N–H and O–H groups in total. The lowest BCUT2D eigenvalue weighted by atomic mass is 9.99. The van der Waals surface area contributed by atoms with Crippen LogP contribution in [0.1, 0.15) is 245 Å². The smallest absolute Gasteiger partial charge is 0.306 e. The molecule has 1 amide bonds. The van der Waals surface area contributed by atoms with Crippen LogP contribution in [0.2, 0.25) is 0 Å². The first-order chi connectivity index (χ1) is 31.7. The summed E-state index contributed by atoms with van der Waals surface area (Å²) in [4.78, 5) is 26.3. The number of nitrogens with one attached hydrogen (secondary N) is 1. The molecule has 0 aromatic rings. The van der Waals surface area contributed by atoms with E-state index in [2.05, 4.69) is 38.2 Å². The van der Waals surface area contributed by atoms with E-state index in [9.17, 15) is 35.1 Å². The van der Waals surface area contributed by atoms with Gasteiger partial charge in [-0.3, -0.25) is 9.59 Å². The van der Waals surface area contributed by atoms with Crippen LogP contribution in [0.15, 0.2) is 24.3 Å². The second-order valence-corrected chi connectivity index (χ2v) is 19.0. The predicted molar refractivity (Wildman–Crippen MR) is 264 cm³/mol. The number of esters is 1. The largest absolute Gasteiger partial charge is 0.454 e. The molecule has 0 aliphatic carbocycles. The molecule has 0 aromatic heterocycles. The van der Waals surface area contributed by atoms with Gasteiger partial charge in [0.15, 0.2) is 12.4 Å². The lowest BCUT2D eigenvalue weighted by Crippen LogP contribution is -2.61. The van der Waals surface area contributed by atoms with Crippen molar-refractivity contribution in [2.75, 3.05) is 13.2 Å². The standard InChI is InChI=1S/C54H101NO10/c1-4-7-10-13-16-19-22-24-26-29-31-34-37-40-46(57)45(55-53(62)47(58)41-38-35-32-28-21-18-15-12-9-6-3)44-63-54-52(51(61)50(60)48(43-56)64-54)65-49(59)42-39-36-33-30-27-25-23-20-17-14-11-8-5-2/h15,18,37,40,45-48,50-52,54,56-58,60-61H,4-14,16-17,19-36,38-39,41-44H2,1-3H3,(H,55,62)/b18-15-,40-37+. The van der Waals surface area contributed by atoms with Crippen LogP contribution in [0.3, 0.4) is 0 Å². The van der Waals surface area contributed by atoms with Gasteiger partial charge in [-0.15, -0.1) is 0 Å². The van der Waals surface area contributed by atoms with Gasteiger partial charge < -0.3 is 45.1 Å². The van der Waals surface area contributed by atoms with Crippen molar-refractivity contribution in [2.45, 2.75) is 294 Å². The molecule has 1 rings (SSSR count). The molecule has 0 aromatic carbocycles. The van der Waals surface area contributed by atoms with Crippen LogP contribution in [0.4, 0.5) is 0 Å². The van der Waals surface area contributed by atoms with Gasteiger partial charge in [0.05, 0.1) is 25.4 Å². The Balaban J connectivity index is 2.77. The molecule has 11 heteroatoms. The minimum absolute atomic E-state index is 0.128. The summed E-state index contributed by atoms with van der Waals surface area (Å²) in [5, 5.41) is 56.6. The average Bonchev–Trinajstić information content (AvgIpc) is 3.30. The number of carbonyl (C=O) groups excluding carboxylic acids is 2. The van der Waals surface area contributed by atoms with Crippen LogP contribution in [0.5, 0.6) is 0 Å². The van der Waals surface area contributed by atoms with Crippen molar-refractivity contribution < 1.29 is 49.3 Å². The van der Waals surface area contributed by atoms with Crippen LogP contribution >= 0.6 is 0 Å². The Morgan fingerprint density at radius 2 is 1.03 bits per heavy atom. The maximum atomic E-state index is 13.3. The van der Waals surface area contributed by atoms with Crippen molar-refractivity contribution in [3.8, 4) is 0 Å². The fourth-order valence-electron chi connectivity index (χ4n) is 8.46. The summed E-state index contributed by atoms with van der Waals surface area (Å²) >= 11 is 0. The highest BCUT2D eigenvalue weighted by molar-refractivity contribution is 5.80. The van der Waals surface area contributed by atoms with Gasteiger partial charge >= 0.3 is 5.97 Å². The van der Waals surface area contributed by atoms with Crippen molar-refractivity contribution in [2.24, 2.45) is 0 Å². The first-order valence-corrected chi connectivity index (χ1v) is 27.1. The van der Waals surface area contributed by atoms with E-state index in [1.165, 1.54) is 128 Å². The summed E-state index contributed by atoms with van der Waals surface area (Å²) in [7, 11) is 0. The number of hydrogen-bond donors (Lipinski definition) is 6. The molecule has 1 aliphatic heterocycles. The minimum atomic E-state index is -1.61. The third-order valence-corrected chi connectivity index (χ3v) is 12.9. The number of hydrogen-bond acceptors (Lipinski definition) is 10. The SMILES string of the molecule is CCCC/C=C\CCCCCCC(O)C(=O)NC(COC1OC(CO)C(O)C(O)C1OC(=O)CCCCCCCCCCCCCCC)C(O)/C=C/CCCCCCCCCCCCC. The molecule has 0 radical (unpaired) electrons. The van der Waals surface area contributed by atoms with E-state index < -0.39 is 67.4 Å². The Morgan fingerprint density at radius 1 is 0.585 bits per heavy atom. The molecule has 1 fully saturated rings. The van der Waals surface area contributed by atoms with E-state index in [1.54, 1.807) is 6.08 Å². The van der Waals surface area contributed by atoms with Crippen molar-refractivity contribution in [3.05, 3.63) is 24.3 Å². The molecule has 0 bridgehead atoms. The monoisotopic (exact) mass is 924 g/mol. The normalized spacial score (nSPS) is 20.4.